The van der Waals surface area contributed by atoms with E-state index >= 15 is 0 Å². The van der Waals surface area contributed by atoms with Crippen LogP contribution in [0.4, 0.5) is 0 Å². The lowest BCUT2D eigenvalue weighted by Gasteiger charge is -2.29. The summed E-state index contributed by atoms with van der Waals surface area (Å²) < 4.78 is 0. The predicted molar refractivity (Wildman–Crippen MR) is 133 cm³/mol. The molecule has 1 aliphatic rings. The van der Waals surface area contributed by atoms with E-state index in [1.54, 1.807) is 4.90 Å². The maximum atomic E-state index is 12.7. The van der Waals surface area contributed by atoms with E-state index in [4.69, 9.17) is 4.99 Å². The quantitative estimate of drug-likeness (QED) is 0.209. The molecule has 2 rings (SSSR count). The molecule has 0 aromatic heterocycles. The Bertz CT molecular complexity index is 730. The summed E-state index contributed by atoms with van der Waals surface area (Å²) in [7, 11) is 3.62. The number of benzene rings is 1. The molecule has 30 heavy (non-hydrogen) atoms. The molecule has 0 aliphatic heterocycles. The van der Waals surface area contributed by atoms with E-state index in [0.717, 1.165) is 37.8 Å². The van der Waals surface area contributed by atoms with E-state index in [1.165, 1.54) is 0 Å². The zero-order valence-corrected chi connectivity index (χ0v) is 20.9. The van der Waals surface area contributed by atoms with Crippen LogP contribution in [0, 0.1) is 12.3 Å². The molecule has 2 amide bonds. The fraction of sp³-hybridized carbons (Fsp3) is 0.591. The van der Waals surface area contributed by atoms with E-state index in [-0.39, 0.29) is 41.2 Å². The van der Waals surface area contributed by atoms with Gasteiger partial charge in [-0.2, -0.15) is 0 Å². The van der Waals surface area contributed by atoms with Gasteiger partial charge in [0.15, 0.2) is 5.96 Å². The van der Waals surface area contributed by atoms with Crippen molar-refractivity contribution in [3.8, 4) is 0 Å². The molecule has 1 aromatic rings. The van der Waals surface area contributed by atoms with Crippen LogP contribution in [0.1, 0.15) is 48.5 Å². The van der Waals surface area contributed by atoms with Crippen molar-refractivity contribution < 1.29 is 9.59 Å². The summed E-state index contributed by atoms with van der Waals surface area (Å²) in [6.45, 7) is 6.23. The number of hydrogen-bond acceptors (Lipinski definition) is 3. The minimum absolute atomic E-state index is 0. The number of hydrogen-bond donors (Lipinski definition) is 3. The zero-order chi connectivity index (χ0) is 21.3. The molecule has 0 unspecified atom stereocenters. The average Bonchev–Trinajstić information content (AvgIpc) is 3.18. The molecule has 168 valence electrons. The summed E-state index contributed by atoms with van der Waals surface area (Å²) >= 11 is 0. The van der Waals surface area contributed by atoms with Gasteiger partial charge in [0.25, 0.3) is 5.91 Å². The summed E-state index contributed by atoms with van der Waals surface area (Å²) in [6, 6.07) is 7.53. The number of rotatable bonds is 8. The number of guanidine groups is 1. The maximum Gasteiger partial charge on any atom is 0.251 e. The molecule has 8 heteroatoms. The molecule has 3 N–H and O–H groups in total. The van der Waals surface area contributed by atoms with Crippen molar-refractivity contribution in [3.63, 3.8) is 0 Å². The van der Waals surface area contributed by atoms with E-state index < -0.39 is 0 Å². The highest BCUT2D eigenvalue weighted by atomic mass is 127. The van der Waals surface area contributed by atoms with E-state index in [1.807, 2.05) is 52.2 Å². The molecule has 0 atom stereocenters. The average molecular weight is 529 g/mol. The van der Waals surface area contributed by atoms with Crippen LogP contribution >= 0.6 is 24.0 Å². The van der Waals surface area contributed by atoms with Crippen LogP contribution in [-0.4, -0.2) is 62.9 Å². The molecule has 1 fully saturated rings. The summed E-state index contributed by atoms with van der Waals surface area (Å²) in [6.07, 6.45) is 3.92. The second-order valence-electron chi connectivity index (χ2n) is 7.93. The highest BCUT2D eigenvalue weighted by Gasteiger charge is 2.42. The molecule has 0 spiro atoms. The predicted octanol–water partition coefficient (Wildman–Crippen LogP) is 2.55. The van der Waals surface area contributed by atoms with Crippen LogP contribution in [0.2, 0.25) is 0 Å². The first kappa shape index (κ1) is 26.2. The van der Waals surface area contributed by atoms with Gasteiger partial charge in [0.1, 0.15) is 0 Å². The first-order chi connectivity index (χ1) is 13.9. The van der Waals surface area contributed by atoms with Crippen LogP contribution < -0.4 is 16.0 Å². The Morgan fingerprint density at radius 2 is 1.77 bits per heavy atom. The summed E-state index contributed by atoms with van der Waals surface area (Å²) in [4.78, 5) is 31.3. The van der Waals surface area contributed by atoms with Gasteiger partial charge in [0, 0.05) is 39.3 Å². The van der Waals surface area contributed by atoms with E-state index in [2.05, 4.69) is 16.0 Å². The topological polar surface area (TPSA) is 85.8 Å². The second kappa shape index (κ2) is 12.8. The van der Waals surface area contributed by atoms with Crippen molar-refractivity contribution in [1.82, 2.24) is 20.9 Å². The number of aliphatic imine (C=N–C) groups is 1. The van der Waals surface area contributed by atoms with Crippen molar-refractivity contribution in [2.75, 3.05) is 40.3 Å². The number of nitrogens with one attached hydrogen (secondary N) is 3. The Morgan fingerprint density at radius 3 is 2.37 bits per heavy atom. The van der Waals surface area contributed by atoms with Gasteiger partial charge in [-0.05, 0) is 38.8 Å². The van der Waals surface area contributed by atoms with Gasteiger partial charge in [0.2, 0.25) is 5.91 Å². The van der Waals surface area contributed by atoms with Crippen molar-refractivity contribution in [2.24, 2.45) is 10.4 Å². The SMILES string of the molecule is CCNC(=NCC1(C(=O)N(C)C)CCCC1)NCCNC(=O)c1cccc(C)c1.I. The molecular formula is C22H36IN5O2. The molecule has 0 saturated heterocycles. The normalized spacial score (nSPS) is 15.1. The minimum atomic E-state index is -0.384. The Labute approximate surface area is 197 Å². The molecular weight excluding hydrogens is 493 g/mol. The van der Waals surface area contributed by atoms with Crippen LogP contribution in [0.15, 0.2) is 29.3 Å². The Morgan fingerprint density at radius 1 is 1.10 bits per heavy atom. The lowest BCUT2D eigenvalue weighted by atomic mass is 9.85. The summed E-state index contributed by atoms with van der Waals surface area (Å²) in [5.41, 5.74) is 1.34. The van der Waals surface area contributed by atoms with E-state index in [0.29, 0.717) is 31.2 Å². The highest BCUT2D eigenvalue weighted by Crippen LogP contribution is 2.39. The van der Waals surface area contributed by atoms with Crippen LogP contribution in [0.25, 0.3) is 0 Å². The maximum absolute atomic E-state index is 12.7. The molecule has 1 saturated carbocycles. The van der Waals surface area contributed by atoms with Crippen molar-refractivity contribution >= 4 is 41.8 Å². The zero-order valence-electron chi connectivity index (χ0n) is 18.6. The van der Waals surface area contributed by atoms with Crippen LogP contribution in [0.5, 0.6) is 0 Å². The Hall–Kier alpha value is -1.84. The van der Waals surface area contributed by atoms with Gasteiger partial charge in [-0.3, -0.25) is 14.6 Å². The number of carbonyl (C=O) groups excluding carboxylic acids is 2. The standard InChI is InChI=1S/C22H35N5O2.HI/c1-5-23-21(26-16-22(11-6-7-12-22)20(29)27(3)4)25-14-13-24-19(28)18-10-8-9-17(2)15-18;/h8-10,15H,5-7,11-14,16H2,1-4H3,(H,24,28)(H2,23,25,26);1H. The van der Waals surface area contributed by atoms with Gasteiger partial charge < -0.3 is 20.9 Å². The third-order valence-electron chi connectivity index (χ3n) is 5.29. The third kappa shape index (κ3) is 7.45. The van der Waals surface area contributed by atoms with Crippen molar-refractivity contribution in [3.05, 3.63) is 35.4 Å². The van der Waals surface area contributed by atoms with Gasteiger partial charge >= 0.3 is 0 Å². The monoisotopic (exact) mass is 529 g/mol. The summed E-state index contributed by atoms with van der Waals surface area (Å²) in [5.74, 6) is 0.758. The lowest BCUT2D eigenvalue weighted by molar-refractivity contribution is -0.138. The van der Waals surface area contributed by atoms with Crippen LogP contribution in [0.3, 0.4) is 0 Å². The number of carbonyl (C=O) groups is 2. The fourth-order valence-electron chi connectivity index (χ4n) is 3.78. The largest absolute Gasteiger partial charge is 0.357 e. The smallest absolute Gasteiger partial charge is 0.251 e. The molecule has 1 aromatic carbocycles. The third-order valence-corrected chi connectivity index (χ3v) is 5.29. The number of aryl methyl sites for hydroxylation is 1. The summed E-state index contributed by atoms with van der Waals surface area (Å²) in [5, 5.41) is 9.38. The molecule has 0 bridgehead atoms. The van der Waals surface area contributed by atoms with Crippen molar-refractivity contribution in [1.29, 1.82) is 0 Å². The van der Waals surface area contributed by atoms with Gasteiger partial charge in [-0.1, -0.05) is 30.5 Å². The first-order valence-corrected chi connectivity index (χ1v) is 10.5. The first-order valence-electron chi connectivity index (χ1n) is 10.5. The lowest BCUT2D eigenvalue weighted by Crippen LogP contribution is -2.44. The second-order valence-corrected chi connectivity index (χ2v) is 7.93. The van der Waals surface area contributed by atoms with Gasteiger partial charge in [-0.15, -0.1) is 24.0 Å². The number of nitrogens with zero attached hydrogens (tertiary/aromatic N) is 2. The minimum Gasteiger partial charge on any atom is -0.357 e. The highest BCUT2D eigenvalue weighted by molar-refractivity contribution is 14.0. The number of halogens is 1. The van der Waals surface area contributed by atoms with Gasteiger partial charge in [0.05, 0.1) is 12.0 Å². The molecule has 1 aliphatic carbocycles. The molecule has 0 heterocycles. The van der Waals surface area contributed by atoms with E-state index in [9.17, 15) is 9.59 Å². The number of amides is 2. The van der Waals surface area contributed by atoms with Crippen molar-refractivity contribution in [2.45, 2.75) is 39.5 Å². The fourth-order valence-corrected chi connectivity index (χ4v) is 3.78. The molecule has 7 nitrogen and oxygen atoms in total. The van der Waals surface area contributed by atoms with Gasteiger partial charge in [-0.25, -0.2) is 0 Å². The van der Waals surface area contributed by atoms with Crippen LogP contribution in [-0.2, 0) is 4.79 Å². The Kier molecular flexibility index (Phi) is 11.1. The Balaban J connectivity index is 0.00000450. The molecule has 0 radical (unpaired) electrons.